The van der Waals surface area contributed by atoms with E-state index in [1.807, 2.05) is 6.08 Å². The Balaban J connectivity index is 1.63. The summed E-state index contributed by atoms with van der Waals surface area (Å²) in [4.78, 5) is 28.2. The Morgan fingerprint density at radius 3 is 2.64 bits per heavy atom. The van der Waals surface area contributed by atoms with E-state index >= 15 is 0 Å². The minimum absolute atomic E-state index is 0.0163. The first-order chi connectivity index (χ1) is 15.8. The molecule has 2 N–H and O–H groups in total. The van der Waals surface area contributed by atoms with Gasteiger partial charge < -0.3 is 20.3 Å². The highest BCUT2D eigenvalue weighted by atomic mass is 19.4. The Morgan fingerprint density at radius 1 is 1.09 bits per heavy atom. The van der Waals surface area contributed by atoms with Crippen LogP contribution in [0.3, 0.4) is 0 Å². The molecule has 2 bridgehead atoms. The van der Waals surface area contributed by atoms with Crippen molar-refractivity contribution in [3.8, 4) is 5.75 Å². The Hall–Kier alpha value is -2.55. The zero-order chi connectivity index (χ0) is 23.5. The number of hydrogen-bond donors (Lipinski definition) is 2. The summed E-state index contributed by atoms with van der Waals surface area (Å²) in [5.74, 6) is -0.360. The van der Waals surface area contributed by atoms with Gasteiger partial charge in [0.25, 0.3) is 5.91 Å². The predicted octanol–water partition coefficient (Wildman–Crippen LogP) is 3.52. The molecule has 0 radical (unpaired) electrons. The van der Waals surface area contributed by atoms with E-state index in [1.54, 1.807) is 6.08 Å². The molecule has 0 unspecified atom stereocenters. The van der Waals surface area contributed by atoms with Crippen LogP contribution in [0.15, 0.2) is 30.4 Å². The van der Waals surface area contributed by atoms with E-state index < -0.39 is 23.1 Å². The molecule has 3 aliphatic rings. The van der Waals surface area contributed by atoms with Crippen LogP contribution in [-0.4, -0.2) is 55.5 Å². The third-order valence-electron chi connectivity index (χ3n) is 6.91. The second kappa shape index (κ2) is 9.75. The van der Waals surface area contributed by atoms with Crippen LogP contribution in [0.5, 0.6) is 5.75 Å². The predicted molar refractivity (Wildman–Crippen MR) is 117 cm³/mol. The molecular weight excluding hydrogens is 435 g/mol. The molecule has 9 heteroatoms. The summed E-state index contributed by atoms with van der Waals surface area (Å²) in [6, 6.07) is 2.79. The lowest BCUT2D eigenvalue weighted by Crippen LogP contribution is -2.55. The molecule has 2 saturated heterocycles. The fourth-order valence-electron chi connectivity index (χ4n) is 4.97. The molecule has 4 rings (SSSR count). The van der Waals surface area contributed by atoms with Crippen molar-refractivity contribution in [2.24, 2.45) is 5.41 Å². The molecule has 33 heavy (non-hydrogen) atoms. The van der Waals surface area contributed by atoms with Crippen LogP contribution < -0.4 is 15.4 Å². The Morgan fingerprint density at radius 2 is 1.88 bits per heavy atom. The maximum absolute atomic E-state index is 13.3. The summed E-state index contributed by atoms with van der Waals surface area (Å²) in [6.07, 6.45) is 3.49. The van der Waals surface area contributed by atoms with E-state index in [0.29, 0.717) is 19.4 Å². The summed E-state index contributed by atoms with van der Waals surface area (Å²) in [7, 11) is 0. The summed E-state index contributed by atoms with van der Waals surface area (Å²) < 4.78 is 45.6. The number of allylic oxidation sites excluding steroid dienone is 1. The van der Waals surface area contributed by atoms with E-state index in [2.05, 4.69) is 10.6 Å². The first-order valence-electron chi connectivity index (χ1n) is 11.6. The standard InChI is InChI=1S/C24H30F3N3O3/c25-24(26,27)17-6-7-20-19(15-17)21(31)30-13-4-5-18(16-30)29-22(32)23(9-11-28-12-10-23)8-2-1-3-14-33-20/h1,3,6-7,15,18,28H,2,4-5,8-14,16H2,(H,29,32)/t18-/m1/s1. The fourth-order valence-corrected chi connectivity index (χ4v) is 4.97. The zero-order valence-corrected chi connectivity index (χ0v) is 18.5. The molecule has 1 spiro atoms. The molecule has 0 saturated carbocycles. The quantitative estimate of drug-likeness (QED) is 0.576. The molecular formula is C24H30F3N3O3. The largest absolute Gasteiger partial charge is 0.489 e. The van der Waals surface area contributed by atoms with Crippen molar-refractivity contribution in [1.29, 1.82) is 0 Å². The number of carbonyl (C=O) groups is 2. The van der Waals surface area contributed by atoms with Crippen LogP contribution in [0.4, 0.5) is 13.2 Å². The van der Waals surface area contributed by atoms with Gasteiger partial charge in [-0.1, -0.05) is 12.2 Å². The lowest BCUT2D eigenvalue weighted by Gasteiger charge is -2.39. The van der Waals surface area contributed by atoms with Gasteiger partial charge in [-0.2, -0.15) is 13.2 Å². The summed E-state index contributed by atoms with van der Waals surface area (Å²) in [5, 5.41) is 6.48. The van der Waals surface area contributed by atoms with Crippen LogP contribution in [0.2, 0.25) is 0 Å². The Bertz CT molecular complexity index is 910. The van der Waals surface area contributed by atoms with Gasteiger partial charge in [-0.05, 0) is 69.8 Å². The molecule has 3 aliphatic heterocycles. The molecule has 0 aliphatic carbocycles. The average Bonchev–Trinajstić information content (AvgIpc) is 2.80. The maximum atomic E-state index is 13.3. The van der Waals surface area contributed by atoms with E-state index in [1.165, 1.54) is 11.0 Å². The molecule has 1 aromatic carbocycles. The number of benzene rings is 1. The fraction of sp³-hybridized carbons (Fsp3) is 0.583. The molecule has 3 heterocycles. The van der Waals surface area contributed by atoms with E-state index in [0.717, 1.165) is 50.9 Å². The van der Waals surface area contributed by atoms with Crippen LogP contribution in [-0.2, 0) is 11.0 Å². The number of nitrogens with one attached hydrogen (secondary N) is 2. The van der Waals surface area contributed by atoms with Crippen molar-refractivity contribution >= 4 is 11.8 Å². The smallest absolute Gasteiger partial charge is 0.416 e. The van der Waals surface area contributed by atoms with Crippen molar-refractivity contribution in [2.45, 2.75) is 50.7 Å². The van der Waals surface area contributed by atoms with Crippen molar-refractivity contribution in [3.63, 3.8) is 0 Å². The van der Waals surface area contributed by atoms with Crippen LogP contribution >= 0.6 is 0 Å². The van der Waals surface area contributed by atoms with Crippen LogP contribution in [0.25, 0.3) is 0 Å². The number of nitrogens with zero attached hydrogens (tertiary/aromatic N) is 1. The molecule has 0 aromatic heterocycles. The van der Waals surface area contributed by atoms with Crippen molar-refractivity contribution < 1.29 is 27.5 Å². The number of rotatable bonds is 0. The summed E-state index contributed by atoms with van der Waals surface area (Å²) >= 11 is 0. The number of fused-ring (bicyclic) bond motifs is 3. The zero-order valence-electron chi connectivity index (χ0n) is 18.5. The normalized spacial score (nSPS) is 24.3. The average molecular weight is 466 g/mol. The molecule has 1 atom stereocenters. The molecule has 2 fully saturated rings. The highest BCUT2D eigenvalue weighted by molar-refractivity contribution is 5.97. The van der Waals surface area contributed by atoms with Gasteiger partial charge in [-0.15, -0.1) is 0 Å². The number of piperidine rings is 2. The second-order valence-corrected chi connectivity index (χ2v) is 9.12. The number of carbonyl (C=O) groups excluding carboxylic acids is 2. The first-order valence-corrected chi connectivity index (χ1v) is 11.6. The monoisotopic (exact) mass is 465 g/mol. The number of hydrogen-bond acceptors (Lipinski definition) is 4. The van der Waals surface area contributed by atoms with Crippen LogP contribution in [0, 0.1) is 5.41 Å². The number of alkyl halides is 3. The van der Waals surface area contributed by atoms with Gasteiger partial charge >= 0.3 is 6.18 Å². The Kier molecular flexibility index (Phi) is 6.97. The lowest BCUT2D eigenvalue weighted by molar-refractivity contribution is -0.137. The van der Waals surface area contributed by atoms with Gasteiger partial charge in [0.15, 0.2) is 0 Å². The third kappa shape index (κ3) is 5.34. The van der Waals surface area contributed by atoms with Gasteiger partial charge in [0.2, 0.25) is 5.91 Å². The third-order valence-corrected chi connectivity index (χ3v) is 6.91. The van der Waals surface area contributed by atoms with Gasteiger partial charge in [0.05, 0.1) is 16.5 Å². The number of halogens is 3. The topological polar surface area (TPSA) is 70.7 Å². The summed E-state index contributed by atoms with van der Waals surface area (Å²) in [6.45, 7) is 2.40. The minimum Gasteiger partial charge on any atom is -0.489 e. The Labute approximate surface area is 191 Å². The van der Waals surface area contributed by atoms with Crippen molar-refractivity contribution in [1.82, 2.24) is 15.5 Å². The van der Waals surface area contributed by atoms with E-state index in [4.69, 9.17) is 4.74 Å². The first kappa shape index (κ1) is 23.6. The van der Waals surface area contributed by atoms with Gasteiger partial charge in [0, 0.05) is 19.1 Å². The molecule has 6 nitrogen and oxygen atoms in total. The highest BCUT2D eigenvalue weighted by Gasteiger charge is 2.40. The SMILES string of the molecule is O=C1c2cc(C(F)(F)F)ccc2OCC=CCCC2(CCNCC2)C(=O)N[C@@H]2CCCN1C2. The lowest BCUT2D eigenvalue weighted by atomic mass is 9.74. The van der Waals surface area contributed by atoms with E-state index in [9.17, 15) is 22.8 Å². The number of amides is 2. The molecule has 180 valence electrons. The van der Waals surface area contributed by atoms with E-state index in [-0.39, 0.29) is 36.4 Å². The second-order valence-electron chi connectivity index (χ2n) is 9.12. The van der Waals surface area contributed by atoms with Crippen molar-refractivity contribution in [2.75, 3.05) is 32.8 Å². The maximum Gasteiger partial charge on any atom is 0.416 e. The summed E-state index contributed by atoms with van der Waals surface area (Å²) in [5.41, 5.74) is -1.44. The van der Waals surface area contributed by atoms with Gasteiger partial charge in [-0.3, -0.25) is 9.59 Å². The number of ether oxygens (including phenoxy) is 1. The van der Waals surface area contributed by atoms with Crippen LogP contribution in [0.1, 0.15) is 54.4 Å². The molecule has 2 amide bonds. The molecule has 1 aromatic rings. The minimum atomic E-state index is -4.56. The highest BCUT2D eigenvalue weighted by Crippen LogP contribution is 2.36. The van der Waals surface area contributed by atoms with Gasteiger partial charge in [0.1, 0.15) is 12.4 Å². The van der Waals surface area contributed by atoms with Gasteiger partial charge in [-0.25, -0.2) is 0 Å². The van der Waals surface area contributed by atoms with Crippen molar-refractivity contribution in [3.05, 3.63) is 41.5 Å².